The summed E-state index contributed by atoms with van der Waals surface area (Å²) in [7, 11) is 0.552. The smallest absolute Gasteiger partial charge is 0.0286 e. The molecule has 0 spiro atoms. The minimum Gasteiger partial charge on any atom is -0.106 e. The van der Waals surface area contributed by atoms with Gasteiger partial charge < -0.3 is 0 Å². The van der Waals surface area contributed by atoms with Gasteiger partial charge in [-0.2, -0.15) is 0 Å². The van der Waals surface area contributed by atoms with Crippen molar-refractivity contribution in [3.63, 3.8) is 0 Å². The predicted octanol–water partition coefficient (Wildman–Crippen LogP) is 22.8. The van der Waals surface area contributed by atoms with Gasteiger partial charge in [-0.25, -0.2) is 0 Å². The third-order valence-electron chi connectivity index (χ3n) is 14.0. The molecule has 0 saturated heterocycles. The summed E-state index contributed by atoms with van der Waals surface area (Å²) in [6.45, 7) is 9.34. The number of rotatable bonds is 55. The Bertz CT molecular complexity index is 605. The predicted molar refractivity (Wildman–Crippen MR) is 287 cm³/mol. The lowest BCUT2D eigenvalue weighted by Gasteiger charge is -2.23. The average molecular weight is 880 g/mol. The maximum absolute atomic E-state index is 2.34. The Morgan fingerprint density at radius 3 is 0.383 bits per heavy atom. The first-order valence-corrected chi connectivity index (χ1v) is 33.0. The molecular formula is C58H120P2. The van der Waals surface area contributed by atoms with Crippen molar-refractivity contribution in [2.75, 3.05) is 37.0 Å². The Balaban J connectivity index is 4.75. The second kappa shape index (κ2) is 56.0. The third-order valence-corrected chi connectivity index (χ3v) is 19.9. The molecule has 0 fully saturated rings. The summed E-state index contributed by atoms with van der Waals surface area (Å²) in [6.07, 6.45) is 81.3. The van der Waals surface area contributed by atoms with Gasteiger partial charge in [-0.3, -0.25) is 0 Å². The van der Waals surface area contributed by atoms with E-state index in [1.807, 2.05) is 0 Å². The van der Waals surface area contributed by atoms with E-state index in [4.69, 9.17) is 0 Å². The highest BCUT2D eigenvalue weighted by molar-refractivity contribution is 7.61. The molecule has 0 amide bonds. The minimum absolute atomic E-state index is 0.276. The molecule has 0 aromatic heterocycles. The average Bonchev–Trinajstić information content (AvgIpc) is 3.26. The maximum Gasteiger partial charge on any atom is -0.0286 e. The lowest BCUT2D eigenvalue weighted by Crippen LogP contribution is -2.04. The first kappa shape index (κ1) is 60.9. The maximum atomic E-state index is 2.34. The van der Waals surface area contributed by atoms with Crippen LogP contribution in [0, 0.1) is 0 Å². The molecule has 0 radical (unpaired) electrons. The van der Waals surface area contributed by atoms with Gasteiger partial charge in [-0.1, -0.05) is 310 Å². The highest BCUT2D eigenvalue weighted by Crippen LogP contribution is 2.45. The van der Waals surface area contributed by atoms with Crippen molar-refractivity contribution in [1.82, 2.24) is 0 Å². The van der Waals surface area contributed by atoms with E-state index in [2.05, 4.69) is 27.7 Å². The monoisotopic (exact) mass is 879 g/mol. The summed E-state index contributed by atoms with van der Waals surface area (Å²) < 4.78 is 0. The molecule has 0 bridgehead atoms. The highest BCUT2D eigenvalue weighted by atomic mass is 31.1. The summed E-state index contributed by atoms with van der Waals surface area (Å²) in [4.78, 5) is 0. The standard InChI is InChI=1S/C58H120P2/c1-5-9-13-17-21-25-29-33-37-41-45-49-53-59(54-50-46-42-38-34-30-26-22-18-14-10-6-2)57-58-60(55-51-47-43-39-35-31-27-23-19-15-11-7-3)56-52-48-44-40-36-32-28-24-20-16-12-8-4/h5-58H2,1-4H3. The lowest BCUT2D eigenvalue weighted by molar-refractivity contribution is 0.547. The second-order valence-electron chi connectivity index (χ2n) is 20.2. The Morgan fingerprint density at radius 1 is 0.133 bits per heavy atom. The number of hydrogen-bond acceptors (Lipinski definition) is 0. The van der Waals surface area contributed by atoms with Crippen LogP contribution < -0.4 is 0 Å². The van der Waals surface area contributed by atoms with Crippen LogP contribution in [0.25, 0.3) is 0 Å². The molecule has 0 aromatic carbocycles. The van der Waals surface area contributed by atoms with Gasteiger partial charge in [0.25, 0.3) is 0 Å². The topological polar surface area (TPSA) is 0 Å². The number of unbranched alkanes of at least 4 members (excludes halogenated alkanes) is 44. The van der Waals surface area contributed by atoms with Gasteiger partial charge in [0, 0.05) is 0 Å². The molecule has 0 aromatic rings. The van der Waals surface area contributed by atoms with Crippen molar-refractivity contribution in [2.24, 2.45) is 0 Å². The molecule has 0 saturated carbocycles. The molecule has 0 N–H and O–H groups in total. The Kier molecular flexibility index (Phi) is 56.8. The van der Waals surface area contributed by atoms with Gasteiger partial charge in [0.2, 0.25) is 0 Å². The van der Waals surface area contributed by atoms with Crippen LogP contribution in [0.4, 0.5) is 0 Å². The SMILES string of the molecule is CCCCCCCCCCCCCCP(CCCCCCCCCCCCCC)CCP(CCCCCCCCCCCCCC)CCCCCCCCCCCCCC. The van der Waals surface area contributed by atoms with E-state index in [9.17, 15) is 0 Å². The van der Waals surface area contributed by atoms with Crippen LogP contribution in [0.1, 0.15) is 336 Å². The lowest BCUT2D eigenvalue weighted by atomic mass is 10.1. The van der Waals surface area contributed by atoms with E-state index in [0.717, 1.165) is 0 Å². The van der Waals surface area contributed by atoms with Crippen LogP contribution in [0.5, 0.6) is 0 Å². The molecule has 0 aliphatic carbocycles. The minimum atomic E-state index is 0.276. The zero-order valence-electron chi connectivity index (χ0n) is 43.1. The van der Waals surface area contributed by atoms with Crippen molar-refractivity contribution in [3.8, 4) is 0 Å². The van der Waals surface area contributed by atoms with Gasteiger partial charge in [0.1, 0.15) is 0 Å². The Labute approximate surface area is 387 Å². The van der Waals surface area contributed by atoms with E-state index in [1.165, 1.54) is 283 Å². The summed E-state index contributed by atoms with van der Waals surface area (Å²) in [5.41, 5.74) is 0. The first-order valence-electron chi connectivity index (χ1n) is 29.2. The van der Waals surface area contributed by atoms with Crippen LogP contribution in [-0.2, 0) is 0 Å². The Morgan fingerprint density at radius 2 is 0.250 bits per heavy atom. The third kappa shape index (κ3) is 51.5. The fourth-order valence-electron chi connectivity index (χ4n) is 9.66. The van der Waals surface area contributed by atoms with Gasteiger partial charge in [0.15, 0.2) is 0 Å². The van der Waals surface area contributed by atoms with E-state index in [-0.39, 0.29) is 15.8 Å². The largest absolute Gasteiger partial charge is 0.106 e. The molecule has 0 aliphatic rings. The fraction of sp³-hybridized carbons (Fsp3) is 1.00. The van der Waals surface area contributed by atoms with Gasteiger partial charge in [-0.15, -0.1) is 15.8 Å². The van der Waals surface area contributed by atoms with Crippen LogP contribution in [0.15, 0.2) is 0 Å². The molecule has 2 heteroatoms. The molecule has 0 atom stereocenters. The van der Waals surface area contributed by atoms with E-state index >= 15 is 0 Å². The van der Waals surface area contributed by atoms with Crippen LogP contribution >= 0.6 is 15.8 Å². The number of hydrogen-bond donors (Lipinski definition) is 0. The van der Waals surface area contributed by atoms with Gasteiger partial charge >= 0.3 is 0 Å². The van der Waals surface area contributed by atoms with Crippen molar-refractivity contribution < 1.29 is 0 Å². The molecule has 60 heavy (non-hydrogen) atoms. The molecule has 362 valence electrons. The van der Waals surface area contributed by atoms with Crippen LogP contribution in [-0.4, -0.2) is 37.0 Å². The van der Waals surface area contributed by atoms with E-state index < -0.39 is 0 Å². The first-order chi connectivity index (χ1) is 29.8. The van der Waals surface area contributed by atoms with E-state index in [1.54, 1.807) is 62.7 Å². The zero-order valence-corrected chi connectivity index (χ0v) is 44.9. The van der Waals surface area contributed by atoms with Gasteiger partial charge in [0.05, 0.1) is 0 Å². The van der Waals surface area contributed by atoms with Crippen LogP contribution in [0.2, 0.25) is 0 Å². The molecule has 0 heterocycles. The zero-order chi connectivity index (χ0) is 43.3. The van der Waals surface area contributed by atoms with E-state index in [0.29, 0.717) is 0 Å². The van der Waals surface area contributed by atoms with Crippen molar-refractivity contribution >= 4 is 15.8 Å². The summed E-state index contributed by atoms with van der Waals surface area (Å²) in [6, 6.07) is 0. The summed E-state index contributed by atoms with van der Waals surface area (Å²) >= 11 is 0. The molecular weight excluding hydrogens is 759 g/mol. The fourth-order valence-corrected chi connectivity index (χ4v) is 15.9. The summed E-state index contributed by atoms with van der Waals surface area (Å²) in [5, 5.41) is 0. The molecule has 0 aliphatic heterocycles. The highest BCUT2D eigenvalue weighted by Gasteiger charge is 2.14. The van der Waals surface area contributed by atoms with Crippen molar-refractivity contribution in [3.05, 3.63) is 0 Å². The van der Waals surface area contributed by atoms with Crippen molar-refractivity contribution in [2.45, 2.75) is 336 Å². The Hall–Kier alpha value is 0.860. The second-order valence-corrected chi connectivity index (χ2v) is 25.6. The van der Waals surface area contributed by atoms with Crippen molar-refractivity contribution in [1.29, 1.82) is 0 Å². The molecule has 0 unspecified atom stereocenters. The van der Waals surface area contributed by atoms with Crippen LogP contribution in [0.3, 0.4) is 0 Å². The van der Waals surface area contributed by atoms with Gasteiger partial charge in [-0.05, 0) is 62.7 Å². The quantitative estimate of drug-likeness (QED) is 0.0422. The summed E-state index contributed by atoms with van der Waals surface area (Å²) in [5.74, 6) is 0. The normalized spacial score (nSPS) is 11.9. The molecule has 0 nitrogen and oxygen atoms in total. The molecule has 0 rings (SSSR count).